The first-order valence-corrected chi connectivity index (χ1v) is 8.94. The minimum atomic E-state index is -0.119. The van der Waals surface area contributed by atoms with Gasteiger partial charge < -0.3 is 14.2 Å². The molecule has 1 unspecified atom stereocenters. The Bertz CT molecular complexity index is 659. The first-order valence-electron chi connectivity index (χ1n) is 7.96. The van der Waals surface area contributed by atoms with Crippen LogP contribution in [-0.2, 0) is 11.3 Å². The van der Waals surface area contributed by atoms with E-state index >= 15 is 0 Å². The van der Waals surface area contributed by atoms with Gasteiger partial charge in [-0.3, -0.25) is 5.32 Å². The minimum Gasteiger partial charge on any atom is -0.493 e. The molecule has 4 nitrogen and oxygen atoms in total. The quantitative estimate of drug-likeness (QED) is 0.868. The van der Waals surface area contributed by atoms with Crippen LogP contribution in [0.2, 0.25) is 0 Å². The fourth-order valence-corrected chi connectivity index (χ4v) is 4.49. The highest BCUT2D eigenvalue weighted by Gasteiger charge is 2.36. The molecule has 3 rings (SSSR count). The van der Waals surface area contributed by atoms with E-state index in [0.29, 0.717) is 17.2 Å². The second-order valence-corrected chi connectivity index (χ2v) is 7.07. The normalized spacial score (nSPS) is 20.0. The Kier molecular flexibility index (Phi) is 5.21. The molecule has 2 aromatic carbocycles. The molecular weight excluding hydrogens is 322 g/mol. The summed E-state index contributed by atoms with van der Waals surface area (Å²) < 4.78 is 16.4. The van der Waals surface area contributed by atoms with Crippen LogP contribution >= 0.6 is 11.8 Å². The molecule has 0 bridgehead atoms. The van der Waals surface area contributed by atoms with Crippen molar-refractivity contribution in [2.24, 2.45) is 0 Å². The van der Waals surface area contributed by atoms with Crippen LogP contribution in [0.25, 0.3) is 0 Å². The third-order valence-electron chi connectivity index (χ3n) is 4.28. The molecule has 0 aromatic heterocycles. The van der Waals surface area contributed by atoms with Crippen molar-refractivity contribution >= 4 is 11.8 Å². The maximum Gasteiger partial charge on any atom is 0.203 e. The van der Waals surface area contributed by atoms with Crippen molar-refractivity contribution in [3.63, 3.8) is 0 Å². The van der Waals surface area contributed by atoms with Crippen molar-refractivity contribution < 1.29 is 14.2 Å². The van der Waals surface area contributed by atoms with E-state index in [1.807, 2.05) is 23.9 Å². The van der Waals surface area contributed by atoms with E-state index in [1.54, 1.807) is 21.3 Å². The number of benzene rings is 2. The Morgan fingerprint density at radius 2 is 1.67 bits per heavy atom. The number of hydrogen-bond donors (Lipinski definition) is 1. The van der Waals surface area contributed by atoms with Gasteiger partial charge >= 0.3 is 0 Å². The molecule has 1 saturated heterocycles. The van der Waals surface area contributed by atoms with Gasteiger partial charge in [0.1, 0.15) is 0 Å². The van der Waals surface area contributed by atoms with Gasteiger partial charge in [0, 0.05) is 18.7 Å². The van der Waals surface area contributed by atoms with Gasteiger partial charge in [-0.25, -0.2) is 0 Å². The molecule has 0 saturated carbocycles. The summed E-state index contributed by atoms with van der Waals surface area (Å²) in [5.41, 5.74) is 2.44. The molecule has 1 N–H and O–H groups in total. The third kappa shape index (κ3) is 3.19. The fourth-order valence-electron chi connectivity index (χ4n) is 3.16. The molecule has 5 heteroatoms. The van der Waals surface area contributed by atoms with E-state index in [0.717, 1.165) is 24.3 Å². The number of methoxy groups -OCH3 is 3. The maximum atomic E-state index is 5.49. The Hall–Kier alpha value is -1.85. The zero-order valence-electron chi connectivity index (χ0n) is 14.3. The molecular formula is C19H23NO3S. The molecule has 128 valence electrons. The van der Waals surface area contributed by atoms with Crippen LogP contribution in [0, 0.1) is 0 Å². The Morgan fingerprint density at radius 3 is 2.17 bits per heavy atom. The van der Waals surface area contributed by atoms with Crippen LogP contribution in [-0.4, -0.2) is 33.6 Å². The molecule has 1 heterocycles. The monoisotopic (exact) mass is 345 g/mol. The summed E-state index contributed by atoms with van der Waals surface area (Å²) in [6, 6.07) is 14.7. The molecule has 1 atom stereocenters. The van der Waals surface area contributed by atoms with Crippen LogP contribution in [0.1, 0.15) is 11.1 Å². The Labute approximate surface area is 147 Å². The van der Waals surface area contributed by atoms with Crippen LogP contribution in [0.15, 0.2) is 42.5 Å². The van der Waals surface area contributed by atoms with Crippen LogP contribution in [0.4, 0.5) is 0 Å². The molecule has 0 amide bonds. The lowest BCUT2D eigenvalue weighted by Crippen LogP contribution is -2.36. The molecule has 1 fully saturated rings. The van der Waals surface area contributed by atoms with E-state index in [9.17, 15) is 0 Å². The highest BCUT2D eigenvalue weighted by Crippen LogP contribution is 2.44. The number of ether oxygens (including phenoxy) is 3. The van der Waals surface area contributed by atoms with Gasteiger partial charge in [-0.05, 0) is 23.3 Å². The molecule has 0 radical (unpaired) electrons. The van der Waals surface area contributed by atoms with Gasteiger partial charge in [-0.15, -0.1) is 11.8 Å². The summed E-state index contributed by atoms with van der Waals surface area (Å²) in [6.45, 7) is 1.00. The summed E-state index contributed by atoms with van der Waals surface area (Å²) in [6.07, 6.45) is 0.846. The summed E-state index contributed by atoms with van der Waals surface area (Å²) >= 11 is 1.95. The van der Waals surface area contributed by atoms with E-state index in [1.165, 1.54) is 5.56 Å². The van der Waals surface area contributed by atoms with E-state index in [4.69, 9.17) is 14.2 Å². The topological polar surface area (TPSA) is 39.7 Å². The van der Waals surface area contributed by atoms with Crippen LogP contribution in [0.3, 0.4) is 0 Å². The summed E-state index contributed by atoms with van der Waals surface area (Å²) in [4.78, 5) is -0.119. The van der Waals surface area contributed by atoms with Crippen molar-refractivity contribution in [3.8, 4) is 17.2 Å². The Morgan fingerprint density at radius 1 is 1.00 bits per heavy atom. The standard InChI is InChI=1S/C19H23NO3S/c1-21-16-11-14(12-17(22-2)18(16)23-3)13-19(20-9-10-24-19)15-7-5-4-6-8-15/h4-8,11-12,20H,9-10,13H2,1-3H3. The largest absolute Gasteiger partial charge is 0.493 e. The van der Waals surface area contributed by atoms with Gasteiger partial charge in [0.2, 0.25) is 5.75 Å². The summed E-state index contributed by atoms with van der Waals surface area (Å²) in [5.74, 6) is 3.11. The number of hydrogen-bond acceptors (Lipinski definition) is 5. The number of rotatable bonds is 6. The second kappa shape index (κ2) is 7.36. The van der Waals surface area contributed by atoms with Crippen LogP contribution < -0.4 is 19.5 Å². The molecule has 24 heavy (non-hydrogen) atoms. The van der Waals surface area contributed by atoms with Crippen molar-refractivity contribution in [1.29, 1.82) is 0 Å². The third-order valence-corrected chi connectivity index (χ3v) is 5.70. The first kappa shape index (κ1) is 17.0. The SMILES string of the molecule is COc1cc(CC2(c3ccccc3)NCCS2)cc(OC)c1OC. The lowest BCUT2D eigenvalue weighted by molar-refractivity contribution is 0.323. The van der Waals surface area contributed by atoms with Gasteiger partial charge in [-0.1, -0.05) is 30.3 Å². The second-order valence-electron chi connectivity index (χ2n) is 5.68. The maximum absolute atomic E-state index is 5.49. The predicted octanol–water partition coefficient (Wildman–Crippen LogP) is 3.44. The smallest absolute Gasteiger partial charge is 0.203 e. The number of nitrogens with one attached hydrogen (secondary N) is 1. The predicted molar refractivity (Wildman–Crippen MR) is 98.4 cm³/mol. The lowest BCUT2D eigenvalue weighted by atomic mass is 9.97. The molecule has 1 aliphatic heterocycles. The van der Waals surface area contributed by atoms with Gasteiger partial charge in [0.05, 0.1) is 26.2 Å². The van der Waals surface area contributed by atoms with Crippen molar-refractivity contribution in [3.05, 3.63) is 53.6 Å². The zero-order chi connectivity index (χ0) is 17.0. The first-order chi connectivity index (χ1) is 11.7. The van der Waals surface area contributed by atoms with Gasteiger partial charge in [-0.2, -0.15) is 0 Å². The highest BCUT2D eigenvalue weighted by atomic mass is 32.2. The molecule has 0 spiro atoms. The average Bonchev–Trinajstić information content (AvgIpc) is 3.11. The van der Waals surface area contributed by atoms with E-state index in [2.05, 4.69) is 35.6 Å². The number of thioether (sulfide) groups is 1. The average molecular weight is 345 g/mol. The van der Waals surface area contributed by atoms with Crippen molar-refractivity contribution in [2.45, 2.75) is 11.3 Å². The van der Waals surface area contributed by atoms with Gasteiger partial charge in [0.25, 0.3) is 0 Å². The minimum absolute atomic E-state index is 0.119. The zero-order valence-corrected chi connectivity index (χ0v) is 15.1. The van der Waals surface area contributed by atoms with Crippen LogP contribution in [0.5, 0.6) is 17.2 Å². The molecule has 2 aromatic rings. The van der Waals surface area contributed by atoms with Crippen molar-refractivity contribution in [1.82, 2.24) is 5.32 Å². The molecule has 1 aliphatic rings. The summed E-state index contributed by atoms with van der Waals surface area (Å²) in [5, 5.41) is 3.69. The Balaban J connectivity index is 1.99. The fraction of sp³-hybridized carbons (Fsp3) is 0.368. The molecule has 0 aliphatic carbocycles. The highest BCUT2D eigenvalue weighted by molar-refractivity contribution is 8.00. The van der Waals surface area contributed by atoms with Gasteiger partial charge in [0.15, 0.2) is 11.5 Å². The lowest BCUT2D eigenvalue weighted by Gasteiger charge is -2.30. The van der Waals surface area contributed by atoms with E-state index in [-0.39, 0.29) is 4.87 Å². The van der Waals surface area contributed by atoms with E-state index < -0.39 is 0 Å². The van der Waals surface area contributed by atoms with Crippen molar-refractivity contribution in [2.75, 3.05) is 33.6 Å². The summed E-state index contributed by atoms with van der Waals surface area (Å²) in [7, 11) is 4.92.